The van der Waals surface area contributed by atoms with Crippen molar-refractivity contribution in [3.05, 3.63) is 35.9 Å². The molecule has 1 rings (SSSR count). The second-order valence-corrected chi connectivity index (χ2v) is 6.85. The van der Waals surface area contributed by atoms with E-state index < -0.39 is 29.7 Å². The highest BCUT2D eigenvalue weighted by Crippen LogP contribution is 2.14. The van der Waals surface area contributed by atoms with Gasteiger partial charge in [-0.2, -0.15) is 0 Å². The Kier molecular flexibility index (Phi) is 7.22. The molecule has 2 atom stereocenters. The molecule has 1 aromatic carbocycles. The monoisotopic (exact) mass is 337 g/mol. The predicted molar refractivity (Wildman–Crippen MR) is 90.8 cm³/mol. The molecule has 0 fully saturated rings. The first-order valence-electron chi connectivity index (χ1n) is 8.03. The number of carbonyl (C=O) groups excluding carboxylic acids is 1. The van der Waals surface area contributed by atoms with Gasteiger partial charge in [0, 0.05) is 13.1 Å². The molecule has 134 valence electrons. The Balaban J connectivity index is 2.85. The van der Waals surface area contributed by atoms with Gasteiger partial charge in [-0.1, -0.05) is 30.3 Å². The number of ether oxygens (including phenoxy) is 1. The molecule has 0 bridgehead atoms. The standard InChI is InChI=1S/C18H27NO5/c1-13(20)15(16(21)22)12-19(17(23)24-18(2,3)4)11-10-14-8-6-5-7-9-14/h5-9,13,15,20H,10-12H2,1-4H3,(H,21,22). The second kappa shape index (κ2) is 8.68. The smallest absolute Gasteiger partial charge is 0.410 e. The minimum absolute atomic E-state index is 0.102. The van der Waals surface area contributed by atoms with Crippen LogP contribution < -0.4 is 0 Å². The van der Waals surface area contributed by atoms with Gasteiger partial charge in [-0.3, -0.25) is 4.79 Å². The van der Waals surface area contributed by atoms with Crippen LogP contribution in [0.15, 0.2) is 30.3 Å². The SMILES string of the molecule is CC(O)C(CN(CCc1ccccc1)C(=O)OC(C)(C)C)C(=O)O. The third-order valence-corrected chi connectivity index (χ3v) is 3.48. The summed E-state index contributed by atoms with van der Waals surface area (Å²) in [6.07, 6.45) is -1.07. The quantitative estimate of drug-likeness (QED) is 0.798. The lowest BCUT2D eigenvalue weighted by atomic mass is 10.0. The highest BCUT2D eigenvalue weighted by molar-refractivity contribution is 5.73. The average Bonchev–Trinajstić information content (AvgIpc) is 2.45. The van der Waals surface area contributed by atoms with Crippen molar-refractivity contribution in [3.63, 3.8) is 0 Å². The summed E-state index contributed by atoms with van der Waals surface area (Å²) in [5.74, 6) is -2.20. The summed E-state index contributed by atoms with van der Waals surface area (Å²) in [6, 6.07) is 9.60. The largest absolute Gasteiger partial charge is 0.481 e. The lowest BCUT2D eigenvalue weighted by Crippen LogP contribution is -2.44. The van der Waals surface area contributed by atoms with E-state index in [4.69, 9.17) is 4.74 Å². The van der Waals surface area contributed by atoms with Crippen LogP contribution in [-0.2, 0) is 16.0 Å². The highest BCUT2D eigenvalue weighted by Gasteiger charge is 2.30. The first-order valence-corrected chi connectivity index (χ1v) is 8.03. The summed E-state index contributed by atoms with van der Waals surface area (Å²) in [4.78, 5) is 25.1. The number of rotatable bonds is 7. The van der Waals surface area contributed by atoms with E-state index in [-0.39, 0.29) is 6.54 Å². The molecule has 24 heavy (non-hydrogen) atoms. The summed E-state index contributed by atoms with van der Waals surface area (Å²) in [5, 5.41) is 18.9. The third-order valence-electron chi connectivity index (χ3n) is 3.48. The molecule has 1 amide bonds. The van der Waals surface area contributed by atoms with E-state index in [1.54, 1.807) is 20.8 Å². The van der Waals surface area contributed by atoms with Gasteiger partial charge in [-0.25, -0.2) is 4.79 Å². The maximum Gasteiger partial charge on any atom is 0.410 e. The van der Waals surface area contributed by atoms with Crippen LogP contribution in [0, 0.1) is 5.92 Å². The Morgan fingerprint density at radius 1 is 1.21 bits per heavy atom. The van der Waals surface area contributed by atoms with Crippen molar-refractivity contribution in [1.29, 1.82) is 0 Å². The number of aliphatic carboxylic acids is 1. The van der Waals surface area contributed by atoms with Gasteiger partial charge in [0.25, 0.3) is 0 Å². The number of carbonyl (C=O) groups is 2. The fourth-order valence-electron chi connectivity index (χ4n) is 2.17. The van der Waals surface area contributed by atoms with E-state index in [0.717, 1.165) is 5.56 Å². The van der Waals surface area contributed by atoms with Crippen LogP contribution in [0.2, 0.25) is 0 Å². The van der Waals surface area contributed by atoms with Gasteiger partial charge in [-0.15, -0.1) is 0 Å². The van der Waals surface area contributed by atoms with Gasteiger partial charge in [0.05, 0.1) is 12.0 Å². The molecule has 0 radical (unpaired) electrons. The Morgan fingerprint density at radius 2 is 1.79 bits per heavy atom. The molecule has 6 heteroatoms. The van der Waals surface area contributed by atoms with Crippen LogP contribution in [0.25, 0.3) is 0 Å². The summed E-state index contributed by atoms with van der Waals surface area (Å²) in [5.41, 5.74) is 0.362. The third kappa shape index (κ3) is 7.00. The normalized spacial score (nSPS) is 13.9. The van der Waals surface area contributed by atoms with Crippen molar-refractivity contribution in [2.45, 2.75) is 45.8 Å². The lowest BCUT2D eigenvalue weighted by Gasteiger charge is -2.30. The first kappa shape index (κ1) is 20.0. The fraction of sp³-hybridized carbons (Fsp3) is 0.556. The van der Waals surface area contributed by atoms with Crippen LogP contribution >= 0.6 is 0 Å². The van der Waals surface area contributed by atoms with Crippen molar-refractivity contribution >= 4 is 12.1 Å². The molecular formula is C18H27NO5. The van der Waals surface area contributed by atoms with Crippen LogP contribution in [0.1, 0.15) is 33.3 Å². The molecule has 0 saturated heterocycles. The van der Waals surface area contributed by atoms with E-state index in [2.05, 4.69) is 0 Å². The Labute approximate surface area is 143 Å². The molecular weight excluding hydrogens is 310 g/mol. The van der Waals surface area contributed by atoms with Crippen LogP contribution in [0.5, 0.6) is 0 Å². The minimum Gasteiger partial charge on any atom is -0.481 e. The van der Waals surface area contributed by atoms with E-state index in [1.807, 2.05) is 30.3 Å². The van der Waals surface area contributed by atoms with Gasteiger partial charge in [-0.05, 0) is 39.7 Å². The fourth-order valence-corrected chi connectivity index (χ4v) is 2.17. The molecule has 0 aliphatic carbocycles. The first-order chi connectivity index (χ1) is 11.1. The molecule has 0 aliphatic heterocycles. The van der Waals surface area contributed by atoms with Crippen molar-refractivity contribution in [2.24, 2.45) is 5.92 Å². The van der Waals surface area contributed by atoms with Crippen molar-refractivity contribution in [2.75, 3.05) is 13.1 Å². The lowest BCUT2D eigenvalue weighted by molar-refractivity contribution is -0.146. The summed E-state index contributed by atoms with van der Waals surface area (Å²) >= 11 is 0. The number of carboxylic acid groups (broad SMARTS) is 1. The van der Waals surface area contributed by atoms with Gasteiger partial charge in [0.1, 0.15) is 5.60 Å². The number of nitrogens with zero attached hydrogens (tertiary/aromatic N) is 1. The number of aliphatic hydroxyl groups excluding tert-OH is 1. The number of hydrogen-bond acceptors (Lipinski definition) is 4. The van der Waals surface area contributed by atoms with Gasteiger partial charge >= 0.3 is 12.1 Å². The predicted octanol–water partition coefficient (Wildman–Crippen LogP) is 2.55. The number of carboxylic acids is 1. The summed E-state index contributed by atoms with van der Waals surface area (Å²) < 4.78 is 5.36. The van der Waals surface area contributed by atoms with Gasteiger partial charge in [0.15, 0.2) is 0 Å². The molecule has 2 N–H and O–H groups in total. The summed E-state index contributed by atoms with van der Waals surface area (Å²) in [7, 11) is 0. The molecule has 0 aliphatic rings. The maximum absolute atomic E-state index is 12.4. The van der Waals surface area contributed by atoms with Crippen molar-refractivity contribution < 1.29 is 24.5 Å². The van der Waals surface area contributed by atoms with Crippen molar-refractivity contribution in [1.82, 2.24) is 4.90 Å². The van der Waals surface area contributed by atoms with Crippen LogP contribution in [0.3, 0.4) is 0 Å². The maximum atomic E-state index is 12.4. The number of hydrogen-bond donors (Lipinski definition) is 2. The van der Waals surface area contributed by atoms with Crippen molar-refractivity contribution in [3.8, 4) is 0 Å². The molecule has 0 aromatic heterocycles. The summed E-state index contributed by atoms with van der Waals surface area (Å²) in [6.45, 7) is 6.88. The van der Waals surface area contributed by atoms with Crippen LogP contribution in [-0.4, -0.2) is 52.0 Å². The molecule has 2 unspecified atom stereocenters. The topological polar surface area (TPSA) is 87.1 Å². The molecule has 0 saturated carbocycles. The average molecular weight is 337 g/mol. The second-order valence-electron chi connectivity index (χ2n) is 6.85. The van der Waals surface area contributed by atoms with E-state index in [0.29, 0.717) is 13.0 Å². The molecule has 6 nitrogen and oxygen atoms in total. The van der Waals surface area contributed by atoms with E-state index in [9.17, 15) is 19.8 Å². The van der Waals surface area contributed by atoms with Gasteiger partial charge in [0.2, 0.25) is 0 Å². The Bertz CT molecular complexity index is 536. The van der Waals surface area contributed by atoms with Gasteiger partial charge < -0.3 is 19.8 Å². The molecule has 0 spiro atoms. The van der Waals surface area contributed by atoms with Crippen LogP contribution in [0.4, 0.5) is 4.79 Å². The zero-order valence-corrected chi connectivity index (χ0v) is 14.7. The zero-order chi connectivity index (χ0) is 18.3. The zero-order valence-electron chi connectivity index (χ0n) is 14.7. The Hall–Kier alpha value is -2.08. The molecule has 1 aromatic rings. The number of benzene rings is 1. The highest BCUT2D eigenvalue weighted by atomic mass is 16.6. The van der Waals surface area contributed by atoms with E-state index >= 15 is 0 Å². The molecule has 0 heterocycles. The minimum atomic E-state index is -1.14. The Morgan fingerprint density at radius 3 is 2.25 bits per heavy atom. The number of aliphatic hydroxyl groups is 1. The number of amides is 1. The van der Waals surface area contributed by atoms with E-state index in [1.165, 1.54) is 11.8 Å².